The number of carbonyl (C=O) groups excluding carboxylic acids is 1. The van der Waals surface area contributed by atoms with Crippen LogP contribution in [-0.2, 0) is 0 Å². The third kappa shape index (κ3) is 2.89. The Morgan fingerprint density at radius 2 is 1.96 bits per heavy atom. The highest BCUT2D eigenvalue weighted by molar-refractivity contribution is 7.15. The van der Waals surface area contributed by atoms with Gasteiger partial charge in [0.15, 0.2) is 4.96 Å². The zero-order valence-electron chi connectivity index (χ0n) is 13.2. The Kier molecular flexibility index (Phi) is 3.77. The van der Waals surface area contributed by atoms with Crippen LogP contribution in [0.25, 0.3) is 16.2 Å². The van der Waals surface area contributed by atoms with Gasteiger partial charge in [0, 0.05) is 22.8 Å². The molecule has 0 aliphatic carbocycles. The van der Waals surface area contributed by atoms with Crippen molar-refractivity contribution in [3.05, 3.63) is 71.2 Å². The van der Waals surface area contributed by atoms with Crippen molar-refractivity contribution in [1.82, 2.24) is 14.4 Å². The standard InChI is InChI=1S/C18H13FN4OS/c1-11-3-2-4-14(20-11)17(24)22-16-15(12-5-7-13(19)8-6-12)21-18-23(16)9-10-25-18/h2-10H,1H3,(H,22,24). The van der Waals surface area contributed by atoms with Crippen molar-refractivity contribution in [2.45, 2.75) is 6.92 Å². The minimum Gasteiger partial charge on any atom is -0.304 e. The fourth-order valence-electron chi connectivity index (χ4n) is 2.56. The van der Waals surface area contributed by atoms with Gasteiger partial charge in [-0.1, -0.05) is 6.07 Å². The SMILES string of the molecule is Cc1cccc(C(=O)Nc2c(-c3ccc(F)cc3)nc3sccn23)n1. The second kappa shape index (κ2) is 6.10. The first-order chi connectivity index (χ1) is 12.1. The van der Waals surface area contributed by atoms with Crippen LogP contribution in [-0.4, -0.2) is 20.3 Å². The number of fused-ring (bicyclic) bond motifs is 1. The Hall–Kier alpha value is -3.06. The quantitative estimate of drug-likeness (QED) is 0.602. The first-order valence-corrected chi connectivity index (χ1v) is 8.46. The number of nitrogens with zero attached hydrogens (tertiary/aromatic N) is 3. The fraction of sp³-hybridized carbons (Fsp3) is 0.0556. The second-order valence-electron chi connectivity index (χ2n) is 5.49. The van der Waals surface area contributed by atoms with Crippen molar-refractivity contribution < 1.29 is 9.18 Å². The Morgan fingerprint density at radius 3 is 2.72 bits per heavy atom. The van der Waals surface area contributed by atoms with Crippen molar-refractivity contribution in [3.8, 4) is 11.3 Å². The van der Waals surface area contributed by atoms with E-state index >= 15 is 0 Å². The van der Waals surface area contributed by atoms with E-state index in [4.69, 9.17) is 0 Å². The zero-order valence-corrected chi connectivity index (χ0v) is 14.0. The first-order valence-electron chi connectivity index (χ1n) is 7.58. The largest absolute Gasteiger partial charge is 0.304 e. The highest BCUT2D eigenvalue weighted by Crippen LogP contribution is 2.31. The van der Waals surface area contributed by atoms with E-state index in [9.17, 15) is 9.18 Å². The van der Waals surface area contributed by atoms with E-state index in [-0.39, 0.29) is 11.7 Å². The molecular formula is C18H13FN4OS. The number of hydrogen-bond acceptors (Lipinski definition) is 4. The molecule has 4 aromatic rings. The van der Waals surface area contributed by atoms with Gasteiger partial charge in [-0.05, 0) is 43.3 Å². The number of hydrogen-bond donors (Lipinski definition) is 1. The highest BCUT2D eigenvalue weighted by Gasteiger charge is 2.18. The van der Waals surface area contributed by atoms with E-state index in [0.717, 1.165) is 16.2 Å². The number of benzene rings is 1. The molecule has 7 heteroatoms. The number of nitrogens with one attached hydrogen (secondary N) is 1. The lowest BCUT2D eigenvalue weighted by atomic mass is 10.1. The summed E-state index contributed by atoms with van der Waals surface area (Å²) in [5, 5.41) is 4.77. The molecule has 0 aliphatic heterocycles. The summed E-state index contributed by atoms with van der Waals surface area (Å²) in [4.78, 5) is 22.1. The predicted octanol–water partition coefficient (Wildman–Crippen LogP) is 4.16. The highest BCUT2D eigenvalue weighted by atomic mass is 32.1. The van der Waals surface area contributed by atoms with Gasteiger partial charge in [-0.25, -0.2) is 14.4 Å². The molecule has 0 unspecified atom stereocenters. The maximum atomic E-state index is 13.2. The summed E-state index contributed by atoms with van der Waals surface area (Å²) in [6, 6.07) is 11.3. The number of thiazole rings is 1. The molecule has 0 aliphatic rings. The van der Waals surface area contributed by atoms with Crippen LogP contribution in [0, 0.1) is 12.7 Å². The van der Waals surface area contributed by atoms with Crippen molar-refractivity contribution in [2.75, 3.05) is 5.32 Å². The molecule has 3 heterocycles. The Morgan fingerprint density at radius 1 is 1.16 bits per heavy atom. The van der Waals surface area contributed by atoms with Gasteiger partial charge in [0.1, 0.15) is 23.0 Å². The molecule has 0 saturated carbocycles. The molecule has 25 heavy (non-hydrogen) atoms. The summed E-state index contributed by atoms with van der Waals surface area (Å²) in [6.07, 6.45) is 1.83. The van der Waals surface area contributed by atoms with Gasteiger partial charge in [-0.2, -0.15) is 0 Å². The molecule has 1 aromatic carbocycles. The lowest BCUT2D eigenvalue weighted by Gasteiger charge is -2.07. The number of carbonyl (C=O) groups is 1. The average Bonchev–Trinajstić information content (AvgIpc) is 3.18. The molecular weight excluding hydrogens is 339 g/mol. The summed E-state index contributed by atoms with van der Waals surface area (Å²) in [5.41, 5.74) is 2.41. The van der Waals surface area contributed by atoms with Crippen LogP contribution in [0.1, 0.15) is 16.2 Å². The molecule has 1 N–H and O–H groups in total. The molecule has 0 spiro atoms. The van der Waals surface area contributed by atoms with Crippen LogP contribution in [0.5, 0.6) is 0 Å². The van der Waals surface area contributed by atoms with E-state index in [1.54, 1.807) is 28.7 Å². The number of rotatable bonds is 3. The summed E-state index contributed by atoms with van der Waals surface area (Å²) in [6.45, 7) is 1.83. The minimum absolute atomic E-state index is 0.319. The van der Waals surface area contributed by atoms with Gasteiger partial charge in [0.2, 0.25) is 0 Å². The first kappa shape index (κ1) is 15.5. The number of imidazole rings is 1. The third-order valence-corrected chi connectivity index (χ3v) is 4.49. The van der Waals surface area contributed by atoms with Gasteiger partial charge in [0.25, 0.3) is 5.91 Å². The van der Waals surface area contributed by atoms with E-state index in [2.05, 4.69) is 15.3 Å². The predicted molar refractivity (Wildman–Crippen MR) is 95.4 cm³/mol. The molecule has 3 aromatic heterocycles. The molecule has 0 saturated heterocycles. The van der Waals surface area contributed by atoms with Crippen LogP contribution in [0.2, 0.25) is 0 Å². The van der Waals surface area contributed by atoms with Crippen LogP contribution in [0.3, 0.4) is 0 Å². The van der Waals surface area contributed by atoms with Gasteiger partial charge in [-0.3, -0.25) is 9.20 Å². The van der Waals surface area contributed by atoms with Crippen LogP contribution < -0.4 is 5.32 Å². The summed E-state index contributed by atoms with van der Waals surface area (Å²) in [7, 11) is 0. The Balaban J connectivity index is 1.77. The molecule has 0 radical (unpaired) electrons. The van der Waals surface area contributed by atoms with Crippen molar-refractivity contribution >= 4 is 28.0 Å². The lowest BCUT2D eigenvalue weighted by Crippen LogP contribution is -2.15. The maximum absolute atomic E-state index is 13.2. The van der Waals surface area contributed by atoms with Crippen molar-refractivity contribution in [3.63, 3.8) is 0 Å². The van der Waals surface area contributed by atoms with Crippen molar-refractivity contribution in [2.24, 2.45) is 0 Å². The van der Waals surface area contributed by atoms with Gasteiger partial charge in [0.05, 0.1) is 0 Å². The van der Waals surface area contributed by atoms with E-state index in [1.807, 2.05) is 24.6 Å². The zero-order chi connectivity index (χ0) is 17.4. The monoisotopic (exact) mass is 352 g/mol. The smallest absolute Gasteiger partial charge is 0.275 e. The molecule has 5 nitrogen and oxygen atoms in total. The minimum atomic E-state index is -0.320. The number of pyridine rings is 1. The Labute approximate surface area is 146 Å². The van der Waals surface area contributed by atoms with E-state index in [0.29, 0.717) is 17.2 Å². The Bertz CT molecular complexity index is 1070. The van der Waals surface area contributed by atoms with Crippen molar-refractivity contribution in [1.29, 1.82) is 0 Å². The van der Waals surface area contributed by atoms with Gasteiger partial charge in [-0.15, -0.1) is 11.3 Å². The van der Waals surface area contributed by atoms with E-state index in [1.165, 1.54) is 23.5 Å². The second-order valence-corrected chi connectivity index (χ2v) is 6.36. The molecule has 0 fully saturated rings. The molecule has 0 atom stereocenters. The van der Waals surface area contributed by atoms with Crippen LogP contribution in [0.15, 0.2) is 54.0 Å². The van der Waals surface area contributed by atoms with Crippen LogP contribution >= 0.6 is 11.3 Å². The topological polar surface area (TPSA) is 59.3 Å². The number of amides is 1. The molecule has 4 rings (SSSR count). The number of anilines is 1. The summed E-state index contributed by atoms with van der Waals surface area (Å²) in [5.74, 6) is -0.101. The average molecular weight is 352 g/mol. The summed E-state index contributed by atoms with van der Waals surface area (Å²) < 4.78 is 15.0. The van der Waals surface area contributed by atoms with Gasteiger partial charge >= 0.3 is 0 Å². The third-order valence-electron chi connectivity index (χ3n) is 3.73. The fourth-order valence-corrected chi connectivity index (χ4v) is 3.27. The number of aromatic nitrogens is 3. The van der Waals surface area contributed by atoms with Crippen LogP contribution in [0.4, 0.5) is 10.2 Å². The maximum Gasteiger partial charge on any atom is 0.275 e. The molecule has 0 bridgehead atoms. The molecule has 124 valence electrons. The van der Waals surface area contributed by atoms with E-state index < -0.39 is 0 Å². The summed E-state index contributed by atoms with van der Waals surface area (Å²) >= 11 is 1.46. The number of halogens is 1. The van der Waals surface area contributed by atoms with Gasteiger partial charge < -0.3 is 5.32 Å². The lowest BCUT2D eigenvalue weighted by molar-refractivity contribution is 0.102. The number of aryl methyl sites for hydroxylation is 1. The molecule has 1 amide bonds. The normalized spacial score (nSPS) is 11.0.